The smallest absolute Gasteiger partial charge is 0.348 e. The molecule has 0 N–H and O–H groups in total. The number of fused-ring (bicyclic) bond motifs is 1. The minimum atomic E-state index is -4.32. The Hall–Kier alpha value is -1.89. The lowest BCUT2D eigenvalue weighted by Gasteiger charge is -2.35. The summed E-state index contributed by atoms with van der Waals surface area (Å²) in [4.78, 5) is 14.5. The molecule has 0 saturated heterocycles. The van der Waals surface area contributed by atoms with Crippen molar-refractivity contribution < 1.29 is 18.0 Å². The van der Waals surface area contributed by atoms with Crippen LogP contribution in [0.4, 0.5) is 13.2 Å². The Labute approximate surface area is 136 Å². The lowest BCUT2D eigenvalue weighted by molar-refractivity contribution is -0.0328. The van der Waals surface area contributed by atoms with Gasteiger partial charge in [0.25, 0.3) is 5.91 Å². The van der Waals surface area contributed by atoms with E-state index in [-0.39, 0.29) is 28.6 Å². The summed E-state index contributed by atoms with van der Waals surface area (Å²) in [5.74, 6) is -0.159. The second-order valence-corrected chi connectivity index (χ2v) is 6.51. The van der Waals surface area contributed by atoms with Gasteiger partial charge in [-0.05, 0) is 55.1 Å². The summed E-state index contributed by atoms with van der Waals surface area (Å²) >= 11 is -0.179. The van der Waals surface area contributed by atoms with Crippen LogP contribution in [-0.2, 0) is 6.54 Å². The highest BCUT2D eigenvalue weighted by Crippen LogP contribution is 2.37. The van der Waals surface area contributed by atoms with Crippen LogP contribution in [0.2, 0.25) is 0 Å². The SMILES string of the molecule is CC1c2cccn2CCN1C(=O)c1ccc(SC(F)(F)F)cc1. The summed E-state index contributed by atoms with van der Waals surface area (Å²) in [7, 11) is 0. The first-order valence-electron chi connectivity index (χ1n) is 7.17. The fraction of sp³-hybridized carbons (Fsp3) is 0.312. The van der Waals surface area contributed by atoms with Crippen molar-refractivity contribution in [2.24, 2.45) is 0 Å². The number of carbonyl (C=O) groups is 1. The molecule has 1 aromatic carbocycles. The van der Waals surface area contributed by atoms with E-state index in [0.717, 1.165) is 12.2 Å². The molecule has 0 bridgehead atoms. The monoisotopic (exact) mass is 340 g/mol. The third-order valence-corrected chi connectivity index (χ3v) is 4.68. The Morgan fingerprint density at radius 3 is 2.52 bits per heavy atom. The summed E-state index contributed by atoms with van der Waals surface area (Å²) in [6.45, 7) is 3.26. The van der Waals surface area contributed by atoms with Crippen LogP contribution in [0.1, 0.15) is 29.0 Å². The maximum absolute atomic E-state index is 12.6. The number of thioether (sulfide) groups is 1. The molecule has 0 radical (unpaired) electrons. The largest absolute Gasteiger partial charge is 0.446 e. The van der Waals surface area contributed by atoms with E-state index in [2.05, 4.69) is 4.57 Å². The van der Waals surface area contributed by atoms with Crippen LogP contribution in [0, 0.1) is 0 Å². The third kappa shape index (κ3) is 3.39. The zero-order valence-electron chi connectivity index (χ0n) is 12.4. The fourth-order valence-electron chi connectivity index (χ4n) is 2.82. The van der Waals surface area contributed by atoms with Gasteiger partial charge in [-0.1, -0.05) is 0 Å². The molecule has 0 fully saturated rings. The average Bonchev–Trinajstić information content (AvgIpc) is 2.95. The van der Waals surface area contributed by atoms with E-state index in [0.29, 0.717) is 12.1 Å². The van der Waals surface area contributed by atoms with Crippen LogP contribution in [0.15, 0.2) is 47.5 Å². The number of alkyl halides is 3. The van der Waals surface area contributed by atoms with Crippen molar-refractivity contribution in [1.29, 1.82) is 0 Å². The number of aromatic nitrogens is 1. The standard InChI is InChI=1S/C16H15F3N2OS/c1-11-14-3-2-8-20(14)9-10-21(11)15(22)12-4-6-13(7-5-12)23-16(17,18)19/h2-8,11H,9-10H2,1H3. The molecule has 122 valence electrons. The van der Waals surface area contributed by atoms with Crippen molar-refractivity contribution in [2.45, 2.75) is 29.9 Å². The summed E-state index contributed by atoms with van der Waals surface area (Å²) in [6.07, 6.45) is 1.98. The van der Waals surface area contributed by atoms with Gasteiger partial charge in [0, 0.05) is 35.4 Å². The first-order chi connectivity index (χ1) is 10.8. The van der Waals surface area contributed by atoms with Crippen molar-refractivity contribution >= 4 is 17.7 Å². The van der Waals surface area contributed by atoms with E-state index < -0.39 is 5.51 Å². The number of benzene rings is 1. The van der Waals surface area contributed by atoms with Crippen molar-refractivity contribution in [3.8, 4) is 0 Å². The van der Waals surface area contributed by atoms with Gasteiger partial charge in [-0.25, -0.2) is 0 Å². The molecule has 3 nitrogen and oxygen atoms in total. The number of carbonyl (C=O) groups excluding carboxylic acids is 1. The number of amides is 1. The summed E-state index contributed by atoms with van der Waals surface area (Å²) in [6, 6.07) is 9.45. The molecule has 1 unspecified atom stereocenters. The molecular weight excluding hydrogens is 325 g/mol. The van der Waals surface area contributed by atoms with Gasteiger partial charge in [-0.2, -0.15) is 13.2 Å². The maximum Gasteiger partial charge on any atom is 0.446 e. The summed E-state index contributed by atoms with van der Waals surface area (Å²) in [5, 5.41) is 0. The highest BCUT2D eigenvalue weighted by atomic mass is 32.2. The van der Waals surface area contributed by atoms with Crippen LogP contribution in [0.25, 0.3) is 0 Å². The Morgan fingerprint density at radius 2 is 1.87 bits per heavy atom. The van der Waals surface area contributed by atoms with E-state index in [9.17, 15) is 18.0 Å². The van der Waals surface area contributed by atoms with Gasteiger partial charge in [-0.3, -0.25) is 4.79 Å². The molecule has 0 saturated carbocycles. The third-order valence-electron chi connectivity index (χ3n) is 3.94. The summed E-state index contributed by atoms with van der Waals surface area (Å²) in [5.41, 5.74) is -2.85. The molecule has 2 heterocycles. The van der Waals surface area contributed by atoms with Crippen LogP contribution >= 0.6 is 11.8 Å². The molecule has 3 rings (SSSR count). The minimum Gasteiger partial charge on any atom is -0.348 e. The Morgan fingerprint density at radius 1 is 1.17 bits per heavy atom. The van der Waals surface area contributed by atoms with Crippen LogP contribution < -0.4 is 0 Å². The second-order valence-electron chi connectivity index (χ2n) is 5.37. The maximum atomic E-state index is 12.6. The van der Waals surface area contributed by atoms with Gasteiger partial charge >= 0.3 is 5.51 Å². The van der Waals surface area contributed by atoms with Crippen molar-refractivity contribution in [3.63, 3.8) is 0 Å². The predicted molar refractivity (Wildman–Crippen MR) is 82.2 cm³/mol. The molecule has 0 spiro atoms. The highest BCUT2D eigenvalue weighted by Gasteiger charge is 2.30. The lowest BCUT2D eigenvalue weighted by atomic mass is 10.1. The van der Waals surface area contributed by atoms with Gasteiger partial charge in [0.1, 0.15) is 0 Å². The molecule has 23 heavy (non-hydrogen) atoms. The molecule has 1 aromatic heterocycles. The topological polar surface area (TPSA) is 25.2 Å². The molecule has 1 aliphatic rings. The molecule has 7 heteroatoms. The number of hydrogen-bond donors (Lipinski definition) is 0. The number of halogens is 3. The van der Waals surface area contributed by atoms with Crippen LogP contribution in [0.3, 0.4) is 0 Å². The molecule has 1 amide bonds. The Balaban J connectivity index is 1.76. The molecule has 2 aromatic rings. The van der Waals surface area contributed by atoms with Gasteiger partial charge < -0.3 is 9.47 Å². The van der Waals surface area contributed by atoms with E-state index >= 15 is 0 Å². The van der Waals surface area contributed by atoms with Gasteiger partial charge in [0.05, 0.1) is 6.04 Å². The zero-order chi connectivity index (χ0) is 16.6. The fourth-order valence-corrected chi connectivity index (χ4v) is 3.36. The first kappa shape index (κ1) is 16.0. The summed E-state index contributed by atoms with van der Waals surface area (Å²) < 4.78 is 39.1. The number of hydrogen-bond acceptors (Lipinski definition) is 2. The Bertz CT molecular complexity index is 709. The average molecular weight is 340 g/mol. The van der Waals surface area contributed by atoms with Crippen molar-refractivity contribution in [2.75, 3.05) is 6.54 Å². The van der Waals surface area contributed by atoms with Gasteiger partial charge in [0.15, 0.2) is 0 Å². The first-order valence-corrected chi connectivity index (χ1v) is 7.98. The van der Waals surface area contributed by atoms with Crippen molar-refractivity contribution in [1.82, 2.24) is 9.47 Å². The van der Waals surface area contributed by atoms with E-state index in [1.807, 2.05) is 25.3 Å². The van der Waals surface area contributed by atoms with Crippen LogP contribution in [0.5, 0.6) is 0 Å². The number of nitrogens with zero attached hydrogens (tertiary/aromatic N) is 2. The normalized spacial score (nSPS) is 17.9. The number of rotatable bonds is 2. The molecular formula is C16H15F3N2OS. The van der Waals surface area contributed by atoms with E-state index in [1.54, 1.807) is 4.90 Å². The zero-order valence-corrected chi connectivity index (χ0v) is 13.2. The van der Waals surface area contributed by atoms with Crippen LogP contribution in [-0.4, -0.2) is 27.4 Å². The second kappa shape index (κ2) is 5.96. The molecule has 1 atom stereocenters. The van der Waals surface area contributed by atoms with E-state index in [4.69, 9.17) is 0 Å². The highest BCUT2D eigenvalue weighted by molar-refractivity contribution is 8.00. The minimum absolute atomic E-state index is 0.0597. The van der Waals surface area contributed by atoms with Crippen molar-refractivity contribution in [3.05, 3.63) is 53.9 Å². The van der Waals surface area contributed by atoms with Gasteiger partial charge in [0.2, 0.25) is 0 Å². The van der Waals surface area contributed by atoms with E-state index in [1.165, 1.54) is 24.3 Å². The quantitative estimate of drug-likeness (QED) is 0.761. The predicted octanol–water partition coefficient (Wildman–Crippen LogP) is 4.32. The molecule has 0 aliphatic carbocycles. The Kier molecular flexibility index (Phi) is 4.14. The molecule has 1 aliphatic heterocycles. The lowest BCUT2D eigenvalue weighted by Crippen LogP contribution is -2.40. The van der Waals surface area contributed by atoms with Gasteiger partial charge in [-0.15, -0.1) is 0 Å².